The van der Waals surface area contributed by atoms with Crippen molar-refractivity contribution in [2.24, 2.45) is 0 Å². The highest BCUT2D eigenvalue weighted by molar-refractivity contribution is 7.14. The number of anilines is 2. The standard InChI is InChI=1S/C20H18FN3OS/c21-16-7-3-6-15(11-16)19(25)22-17-8-4-5-14(12-17)18-13-26-20(23-18)24-9-1-2-10-24/h3-8,11-13H,1-2,9-10H2,(H,22,25). The second-order valence-electron chi connectivity index (χ2n) is 6.25. The van der Waals surface area contributed by atoms with Crippen LogP contribution in [-0.2, 0) is 0 Å². The Balaban J connectivity index is 1.52. The fourth-order valence-electron chi connectivity index (χ4n) is 3.04. The molecule has 0 unspecified atom stereocenters. The van der Waals surface area contributed by atoms with Crippen LogP contribution in [0, 0.1) is 5.82 Å². The number of carbonyl (C=O) groups excluding carboxylic acids is 1. The van der Waals surface area contributed by atoms with E-state index in [9.17, 15) is 9.18 Å². The smallest absolute Gasteiger partial charge is 0.255 e. The highest BCUT2D eigenvalue weighted by Crippen LogP contribution is 2.30. The quantitative estimate of drug-likeness (QED) is 0.720. The Morgan fingerprint density at radius 3 is 2.73 bits per heavy atom. The van der Waals surface area contributed by atoms with Gasteiger partial charge in [-0.1, -0.05) is 18.2 Å². The molecule has 132 valence electrons. The molecule has 6 heteroatoms. The van der Waals surface area contributed by atoms with Crippen LogP contribution in [0.2, 0.25) is 0 Å². The third-order valence-electron chi connectivity index (χ3n) is 4.37. The van der Waals surface area contributed by atoms with Crippen LogP contribution in [0.15, 0.2) is 53.9 Å². The van der Waals surface area contributed by atoms with Crippen LogP contribution in [0.3, 0.4) is 0 Å². The van der Waals surface area contributed by atoms with Gasteiger partial charge >= 0.3 is 0 Å². The van der Waals surface area contributed by atoms with Crippen LogP contribution in [0.25, 0.3) is 11.3 Å². The van der Waals surface area contributed by atoms with Crippen molar-refractivity contribution in [3.05, 3.63) is 65.3 Å². The maximum absolute atomic E-state index is 13.3. The van der Waals surface area contributed by atoms with Gasteiger partial charge in [0, 0.05) is 35.3 Å². The van der Waals surface area contributed by atoms with Gasteiger partial charge in [0.2, 0.25) is 0 Å². The monoisotopic (exact) mass is 367 g/mol. The molecule has 2 heterocycles. The number of benzene rings is 2. The first-order valence-electron chi connectivity index (χ1n) is 8.57. The summed E-state index contributed by atoms with van der Waals surface area (Å²) in [5.41, 5.74) is 2.80. The molecule has 0 aliphatic carbocycles. The predicted molar refractivity (Wildman–Crippen MR) is 103 cm³/mol. The maximum atomic E-state index is 13.3. The first-order valence-corrected chi connectivity index (χ1v) is 9.45. The lowest BCUT2D eigenvalue weighted by atomic mass is 10.1. The SMILES string of the molecule is O=C(Nc1cccc(-c2csc(N3CCCC3)n2)c1)c1cccc(F)c1. The Kier molecular flexibility index (Phi) is 4.67. The van der Waals surface area contributed by atoms with Crippen molar-refractivity contribution in [3.63, 3.8) is 0 Å². The van der Waals surface area contributed by atoms with Gasteiger partial charge in [-0.15, -0.1) is 11.3 Å². The number of amides is 1. The molecular formula is C20H18FN3OS. The Hall–Kier alpha value is -2.73. The average Bonchev–Trinajstić information content (AvgIpc) is 3.33. The van der Waals surface area contributed by atoms with Crippen molar-refractivity contribution in [2.75, 3.05) is 23.3 Å². The molecule has 0 saturated carbocycles. The first kappa shape index (κ1) is 16.7. The zero-order valence-electron chi connectivity index (χ0n) is 14.1. The van der Waals surface area contributed by atoms with Gasteiger partial charge in [0.1, 0.15) is 5.82 Å². The minimum atomic E-state index is -0.427. The highest BCUT2D eigenvalue weighted by Gasteiger charge is 2.16. The van der Waals surface area contributed by atoms with E-state index in [1.165, 1.54) is 31.0 Å². The predicted octanol–water partition coefficient (Wildman–Crippen LogP) is 4.80. The van der Waals surface area contributed by atoms with E-state index in [1.54, 1.807) is 17.4 Å². The van der Waals surface area contributed by atoms with Gasteiger partial charge < -0.3 is 10.2 Å². The van der Waals surface area contributed by atoms with E-state index in [4.69, 9.17) is 4.98 Å². The van der Waals surface area contributed by atoms with Crippen molar-refractivity contribution < 1.29 is 9.18 Å². The van der Waals surface area contributed by atoms with Crippen LogP contribution in [0.4, 0.5) is 15.2 Å². The third kappa shape index (κ3) is 3.60. The van der Waals surface area contributed by atoms with Gasteiger partial charge in [-0.2, -0.15) is 0 Å². The fourth-order valence-corrected chi connectivity index (χ4v) is 3.93. The molecule has 1 aromatic heterocycles. The van der Waals surface area contributed by atoms with Crippen LogP contribution >= 0.6 is 11.3 Å². The van der Waals surface area contributed by atoms with Gasteiger partial charge in [0.25, 0.3) is 5.91 Å². The number of carbonyl (C=O) groups is 1. The molecule has 0 radical (unpaired) electrons. The Labute approximate surface area is 155 Å². The molecule has 26 heavy (non-hydrogen) atoms. The molecule has 1 amide bonds. The van der Waals surface area contributed by atoms with Crippen molar-refractivity contribution in [1.29, 1.82) is 0 Å². The number of hydrogen-bond donors (Lipinski definition) is 1. The normalized spacial score (nSPS) is 13.8. The first-order chi connectivity index (χ1) is 12.7. The summed E-state index contributed by atoms with van der Waals surface area (Å²) in [4.78, 5) is 19.3. The van der Waals surface area contributed by atoms with E-state index >= 15 is 0 Å². The van der Waals surface area contributed by atoms with Gasteiger partial charge in [-0.25, -0.2) is 9.37 Å². The van der Waals surface area contributed by atoms with Crippen LogP contribution < -0.4 is 10.2 Å². The molecule has 0 spiro atoms. The van der Waals surface area contributed by atoms with Gasteiger partial charge in [-0.05, 0) is 43.2 Å². The summed E-state index contributed by atoms with van der Waals surface area (Å²) < 4.78 is 13.3. The Bertz CT molecular complexity index is 934. The number of hydrogen-bond acceptors (Lipinski definition) is 4. The molecular weight excluding hydrogens is 349 g/mol. The topological polar surface area (TPSA) is 45.2 Å². The van der Waals surface area contributed by atoms with Crippen molar-refractivity contribution in [1.82, 2.24) is 4.98 Å². The summed E-state index contributed by atoms with van der Waals surface area (Å²) >= 11 is 1.65. The summed E-state index contributed by atoms with van der Waals surface area (Å²) in [7, 11) is 0. The summed E-state index contributed by atoms with van der Waals surface area (Å²) in [5.74, 6) is -0.763. The zero-order valence-corrected chi connectivity index (χ0v) is 14.9. The average molecular weight is 367 g/mol. The molecule has 1 saturated heterocycles. The number of nitrogens with zero attached hydrogens (tertiary/aromatic N) is 2. The van der Waals surface area contributed by atoms with E-state index in [1.807, 2.05) is 29.6 Å². The minimum Gasteiger partial charge on any atom is -0.348 e. The lowest BCUT2D eigenvalue weighted by molar-refractivity contribution is 0.102. The molecule has 3 aromatic rings. The molecule has 2 aromatic carbocycles. The summed E-state index contributed by atoms with van der Waals surface area (Å²) in [6, 6.07) is 13.2. The van der Waals surface area contributed by atoms with E-state index < -0.39 is 5.82 Å². The molecule has 0 atom stereocenters. The Morgan fingerprint density at radius 2 is 1.92 bits per heavy atom. The molecule has 4 rings (SSSR count). The summed E-state index contributed by atoms with van der Waals surface area (Å²) in [5, 5.41) is 5.91. The largest absolute Gasteiger partial charge is 0.348 e. The second kappa shape index (κ2) is 7.25. The molecule has 4 nitrogen and oxygen atoms in total. The lowest BCUT2D eigenvalue weighted by Crippen LogP contribution is -2.17. The number of aromatic nitrogens is 1. The van der Waals surface area contributed by atoms with Crippen molar-refractivity contribution >= 4 is 28.1 Å². The molecule has 1 aliphatic rings. The molecule has 1 N–H and O–H groups in total. The minimum absolute atomic E-state index is 0.292. The fraction of sp³-hybridized carbons (Fsp3) is 0.200. The van der Waals surface area contributed by atoms with E-state index in [0.717, 1.165) is 29.5 Å². The zero-order chi connectivity index (χ0) is 17.9. The Morgan fingerprint density at radius 1 is 1.12 bits per heavy atom. The summed E-state index contributed by atoms with van der Waals surface area (Å²) in [6.45, 7) is 2.13. The van der Waals surface area contributed by atoms with E-state index in [-0.39, 0.29) is 5.91 Å². The van der Waals surface area contributed by atoms with E-state index in [0.29, 0.717) is 11.3 Å². The number of rotatable bonds is 4. The van der Waals surface area contributed by atoms with Crippen molar-refractivity contribution in [2.45, 2.75) is 12.8 Å². The third-order valence-corrected chi connectivity index (χ3v) is 5.27. The number of nitrogens with one attached hydrogen (secondary N) is 1. The van der Waals surface area contributed by atoms with Crippen LogP contribution in [-0.4, -0.2) is 24.0 Å². The van der Waals surface area contributed by atoms with Gasteiger partial charge in [-0.3, -0.25) is 4.79 Å². The molecule has 0 bridgehead atoms. The van der Waals surface area contributed by atoms with Crippen LogP contribution in [0.5, 0.6) is 0 Å². The van der Waals surface area contributed by atoms with Crippen LogP contribution in [0.1, 0.15) is 23.2 Å². The number of thiazole rings is 1. The van der Waals surface area contributed by atoms with Gasteiger partial charge in [0.15, 0.2) is 5.13 Å². The second-order valence-corrected chi connectivity index (χ2v) is 7.09. The van der Waals surface area contributed by atoms with Crippen molar-refractivity contribution in [3.8, 4) is 11.3 Å². The molecule has 1 aliphatic heterocycles. The highest BCUT2D eigenvalue weighted by atomic mass is 32.1. The lowest BCUT2D eigenvalue weighted by Gasteiger charge is -2.12. The van der Waals surface area contributed by atoms with E-state index in [2.05, 4.69) is 10.2 Å². The number of halogens is 1. The maximum Gasteiger partial charge on any atom is 0.255 e. The summed E-state index contributed by atoms with van der Waals surface area (Å²) in [6.07, 6.45) is 2.44. The molecule has 1 fully saturated rings. The van der Waals surface area contributed by atoms with Gasteiger partial charge in [0.05, 0.1) is 5.69 Å².